The Hall–Kier alpha value is -1.88. The molecule has 3 atom stereocenters. The van der Waals surface area contributed by atoms with Gasteiger partial charge in [-0.2, -0.15) is 10.6 Å². The molecule has 0 aliphatic carbocycles. The molecule has 4 aliphatic heterocycles. The minimum Gasteiger partial charge on any atom is -0.444 e. The minimum atomic E-state index is -0.462. The Balaban J connectivity index is 1.13. The Morgan fingerprint density at radius 1 is 1.23 bits per heavy atom. The van der Waals surface area contributed by atoms with E-state index in [0.29, 0.717) is 19.1 Å². The predicted octanol–water partition coefficient (Wildman–Crippen LogP) is 1.35. The lowest BCUT2D eigenvalue weighted by Gasteiger charge is -2.38. The van der Waals surface area contributed by atoms with E-state index >= 15 is 0 Å². The smallest absolute Gasteiger partial charge is 0.410 e. The van der Waals surface area contributed by atoms with Gasteiger partial charge in [-0.25, -0.2) is 9.48 Å². The summed E-state index contributed by atoms with van der Waals surface area (Å²) >= 11 is 0. The van der Waals surface area contributed by atoms with Crippen molar-refractivity contribution >= 4 is 11.9 Å². The minimum absolute atomic E-state index is 0.100. The number of hydrogen-bond acceptors (Lipinski definition) is 8. The number of nitrogens with one attached hydrogen (secondary N) is 2. The zero-order chi connectivity index (χ0) is 21.6. The average molecular weight is 435 g/mol. The molecule has 0 aromatic carbocycles. The van der Waals surface area contributed by atoms with Gasteiger partial charge in [0.05, 0.1) is 31.6 Å². The van der Waals surface area contributed by atoms with Crippen LogP contribution in [-0.4, -0.2) is 89.0 Å². The predicted molar refractivity (Wildman–Crippen MR) is 114 cm³/mol. The molecule has 2 N–H and O–H groups in total. The van der Waals surface area contributed by atoms with Gasteiger partial charge in [0.25, 0.3) is 0 Å². The Bertz CT molecular complexity index is 796. The Kier molecular flexibility index (Phi) is 5.58. The third kappa shape index (κ3) is 4.39. The van der Waals surface area contributed by atoms with Crippen LogP contribution in [0.2, 0.25) is 0 Å². The van der Waals surface area contributed by atoms with E-state index in [1.165, 1.54) is 5.56 Å². The fraction of sp³-hybridized carbons (Fsp3) is 0.810. The number of piperazine rings is 1. The van der Waals surface area contributed by atoms with Crippen LogP contribution >= 0.6 is 0 Å². The van der Waals surface area contributed by atoms with E-state index in [4.69, 9.17) is 14.3 Å². The van der Waals surface area contributed by atoms with Gasteiger partial charge in [0.15, 0.2) is 0 Å². The molecule has 3 fully saturated rings. The number of ether oxygens (including phenoxy) is 2. The summed E-state index contributed by atoms with van der Waals surface area (Å²) in [6.07, 6.45) is 4.99. The molecule has 1 aromatic heterocycles. The topological polar surface area (TPSA) is 93.1 Å². The number of hydroxylamine groups is 1. The van der Waals surface area contributed by atoms with Crippen LogP contribution in [0.4, 0.5) is 10.6 Å². The first-order chi connectivity index (χ1) is 14.9. The quantitative estimate of drug-likeness (QED) is 0.737. The third-order valence-corrected chi connectivity index (χ3v) is 6.55. The lowest BCUT2D eigenvalue weighted by molar-refractivity contribution is -0.0284. The molecule has 0 spiro atoms. The fourth-order valence-electron chi connectivity index (χ4n) is 4.71. The maximum atomic E-state index is 12.3. The first kappa shape index (κ1) is 21.0. The maximum Gasteiger partial charge on any atom is 0.410 e. The summed E-state index contributed by atoms with van der Waals surface area (Å²) in [5, 5.41) is 8.28. The van der Waals surface area contributed by atoms with Crippen LogP contribution in [0.25, 0.3) is 0 Å². The van der Waals surface area contributed by atoms with E-state index in [-0.39, 0.29) is 24.4 Å². The molecular formula is C21H34N6O4. The summed E-state index contributed by atoms with van der Waals surface area (Å²) in [5.74, 6) is 1.13. The van der Waals surface area contributed by atoms with Crippen molar-refractivity contribution in [3.8, 4) is 0 Å². The van der Waals surface area contributed by atoms with Gasteiger partial charge in [0.2, 0.25) is 0 Å². The monoisotopic (exact) mass is 434 g/mol. The van der Waals surface area contributed by atoms with Crippen molar-refractivity contribution in [3.63, 3.8) is 0 Å². The summed E-state index contributed by atoms with van der Waals surface area (Å²) in [5.41, 5.74) is 4.06. The fourth-order valence-corrected chi connectivity index (χ4v) is 4.71. The second-order valence-corrected chi connectivity index (χ2v) is 9.97. The standard InChI is InChI=1S/C21H34N6O4/c1-21(2,3)30-20(28)26-8-6-25(7-9-26)18-10-17(31-24-18)16-5-4-14-11-22-27(19(14)23-16)15-12-29-13-15/h11,15-18,23-24H,4-10,12-13H2,1-3H3. The normalized spacial score (nSPS) is 29.9. The summed E-state index contributed by atoms with van der Waals surface area (Å²) < 4.78 is 12.9. The number of carbonyl (C=O) groups is 1. The molecule has 1 aromatic rings. The Morgan fingerprint density at radius 3 is 2.68 bits per heavy atom. The van der Waals surface area contributed by atoms with Gasteiger partial charge < -0.3 is 19.7 Å². The third-order valence-electron chi connectivity index (χ3n) is 6.55. The summed E-state index contributed by atoms with van der Waals surface area (Å²) in [7, 11) is 0. The van der Waals surface area contributed by atoms with Crippen molar-refractivity contribution in [1.82, 2.24) is 25.1 Å². The molecule has 0 radical (unpaired) electrons. The molecule has 1 amide bonds. The van der Waals surface area contributed by atoms with Gasteiger partial charge >= 0.3 is 6.09 Å². The van der Waals surface area contributed by atoms with Crippen molar-refractivity contribution in [2.45, 2.75) is 70.0 Å². The van der Waals surface area contributed by atoms with E-state index in [9.17, 15) is 4.79 Å². The Labute approximate surface area is 183 Å². The van der Waals surface area contributed by atoms with Gasteiger partial charge in [-0.15, -0.1) is 0 Å². The maximum absolute atomic E-state index is 12.3. The summed E-state index contributed by atoms with van der Waals surface area (Å²) in [6, 6.07) is 0.594. The van der Waals surface area contributed by atoms with Crippen molar-refractivity contribution in [2.75, 3.05) is 44.7 Å². The van der Waals surface area contributed by atoms with E-state index in [2.05, 4.69) is 25.5 Å². The van der Waals surface area contributed by atoms with Crippen LogP contribution in [0.15, 0.2) is 6.20 Å². The van der Waals surface area contributed by atoms with Crippen molar-refractivity contribution in [2.24, 2.45) is 0 Å². The molecule has 172 valence electrons. The number of hydrogen-bond donors (Lipinski definition) is 2. The summed E-state index contributed by atoms with van der Waals surface area (Å²) in [6.45, 7) is 10.1. The molecule has 10 heteroatoms. The molecule has 5 rings (SSSR count). The lowest BCUT2D eigenvalue weighted by Crippen LogP contribution is -2.54. The second kappa shape index (κ2) is 8.23. The number of carbonyl (C=O) groups excluding carboxylic acids is 1. The molecule has 0 bridgehead atoms. The van der Waals surface area contributed by atoms with E-state index in [1.54, 1.807) is 4.90 Å². The molecule has 3 unspecified atom stereocenters. The number of fused-ring (bicyclic) bond motifs is 1. The summed E-state index contributed by atoms with van der Waals surface area (Å²) in [4.78, 5) is 22.5. The zero-order valence-corrected chi connectivity index (χ0v) is 18.7. The van der Waals surface area contributed by atoms with Crippen LogP contribution in [0.5, 0.6) is 0 Å². The number of amides is 1. The largest absolute Gasteiger partial charge is 0.444 e. The van der Waals surface area contributed by atoms with Crippen LogP contribution in [0.3, 0.4) is 0 Å². The van der Waals surface area contributed by atoms with E-state index in [0.717, 1.165) is 51.4 Å². The van der Waals surface area contributed by atoms with Gasteiger partial charge in [0.1, 0.15) is 23.6 Å². The van der Waals surface area contributed by atoms with Crippen LogP contribution in [0.1, 0.15) is 45.2 Å². The first-order valence-electron chi connectivity index (χ1n) is 11.4. The van der Waals surface area contributed by atoms with Crippen LogP contribution < -0.4 is 10.8 Å². The molecule has 10 nitrogen and oxygen atoms in total. The van der Waals surface area contributed by atoms with Gasteiger partial charge in [-0.1, -0.05) is 0 Å². The van der Waals surface area contributed by atoms with Gasteiger partial charge in [-0.3, -0.25) is 9.74 Å². The lowest BCUT2D eigenvalue weighted by atomic mass is 9.96. The SMILES string of the molecule is CC(C)(C)OC(=O)N1CCN(C2CC(C3CCc4cnn(C5COC5)c4N3)ON2)CC1. The molecular weight excluding hydrogens is 400 g/mol. The highest BCUT2D eigenvalue weighted by Crippen LogP contribution is 2.33. The van der Waals surface area contributed by atoms with Crippen molar-refractivity contribution < 1.29 is 19.1 Å². The highest BCUT2D eigenvalue weighted by molar-refractivity contribution is 5.68. The van der Waals surface area contributed by atoms with Gasteiger partial charge in [-0.05, 0) is 33.6 Å². The van der Waals surface area contributed by atoms with Crippen molar-refractivity contribution in [3.05, 3.63) is 11.8 Å². The zero-order valence-electron chi connectivity index (χ0n) is 18.7. The van der Waals surface area contributed by atoms with E-state index in [1.807, 2.05) is 27.0 Å². The molecule has 0 saturated carbocycles. The average Bonchev–Trinajstić information content (AvgIpc) is 3.33. The van der Waals surface area contributed by atoms with Crippen LogP contribution in [0, 0.1) is 0 Å². The van der Waals surface area contributed by atoms with Crippen molar-refractivity contribution in [1.29, 1.82) is 0 Å². The number of aryl methyl sites for hydroxylation is 1. The first-order valence-corrected chi connectivity index (χ1v) is 11.4. The van der Waals surface area contributed by atoms with E-state index < -0.39 is 5.60 Å². The number of anilines is 1. The molecule has 3 saturated heterocycles. The number of rotatable bonds is 3. The second-order valence-electron chi connectivity index (χ2n) is 9.97. The Morgan fingerprint density at radius 2 is 2.00 bits per heavy atom. The number of nitrogens with zero attached hydrogens (tertiary/aromatic N) is 4. The van der Waals surface area contributed by atoms with Crippen LogP contribution in [-0.2, 0) is 20.7 Å². The molecule has 4 aliphatic rings. The molecule has 31 heavy (non-hydrogen) atoms. The number of aromatic nitrogens is 2. The molecule has 5 heterocycles. The van der Waals surface area contributed by atoms with Gasteiger partial charge in [0, 0.05) is 38.2 Å². The highest BCUT2D eigenvalue weighted by Gasteiger charge is 2.39. The highest BCUT2D eigenvalue weighted by atomic mass is 16.7.